The SMILES string of the molecule is C[C@H](Nc1ccc2c(c1)N(C1COC1)CCn1cc(N3C(=C=O)OC[C@H]3C(F)F)nc1-2)C(N)=O. The first-order valence-corrected chi connectivity index (χ1v) is 10.9. The van der Waals surface area contributed by atoms with Gasteiger partial charge in [0.1, 0.15) is 24.5 Å². The highest BCUT2D eigenvalue weighted by Crippen LogP contribution is 2.39. The van der Waals surface area contributed by atoms with E-state index in [2.05, 4.69) is 15.2 Å². The highest BCUT2D eigenvalue weighted by atomic mass is 19.3. The number of hydrogen-bond donors (Lipinski definition) is 2. The van der Waals surface area contributed by atoms with Crippen molar-refractivity contribution in [1.82, 2.24) is 9.55 Å². The second kappa shape index (κ2) is 8.62. The van der Waals surface area contributed by atoms with Crippen LogP contribution >= 0.6 is 0 Å². The standard InChI is InChI=1S/C22H24F2N6O4/c1-12(21(25)32)26-13-2-3-15-16(6-13)29(14-9-33-10-14)5-4-28-7-18(27-22(15)28)30-17(20(23)24)11-34-19(30)8-31/h2-3,6-7,12,14,17,20,26H,4-5,9-11H2,1H3,(H2,25,32)/t12-,17-/m0/s1. The maximum atomic E-state index is 13.6. The van der Waals surface area contributed by atoms with Crippen molar-refractivity contribution in [2.75, 3.05) is 41.5 Å². The lowest BCUT2D eigenvalue weighted by Gasteiger charge is -2.39. The number of amides is 1. The predicted molar refractivity (Wildman–Crippen MR) is 119 cm³/mol. The minimum Gasteiger partial charge on any atom is -0.468 e. The van der Waals surface area contributed by atoms with Gasteiger partial charge < -0.3 is 30.0 Å². The molecule has 2 fully saturated rings. The molecule has 3 aliphatic heterocycles. The van der Waals surface area contributed by atoms with E-state index in [1.807, 2.05) is 22.8 Å². The van der Waals surface area contributed by atoms with E-state index in [0.717, 1.165) is 16.2 Å². The van der Waals surface area contributed by atoms with E-state index in [0.29, 0.717) is 37.8 Å². The summed E-state index contributed by atoms with van der Waals surface area (Å²) in [6, 6.07) is 3.91. The molecule has 0 radical (unpaired) electrons. The number of halogens is 2. The first-order chi connectivity index (χ1) is 16.4. The van der Waals surface area contributed by atoms with Gasteiger partial charge in [-0.2, -0.15) is 0 Å². The van der Waals surface area contributed by atoms with E-state index < -0.39 is 24.4 Å². The number of nitrogens with one attached hydrogen (secondary N) is 1. The van der Waals surface area contributed by atoms with Gasteiger partial charge in [-0.05, 0) is 25.1 Å². The Labute approximate surface area is 193 Å². The van der Waals surface area contributed by atoms with Gasteiger partial charge in [-0.1, -0.05) is 0 Å². The Morgan fingerprint density at radius 1 is 1.29 bits per heavy atom. The monoisotopic (exact) mass is 474 g/mol. The Morgan fingerprint density at radius 2 is 2.09 bits per heavy atom. The highest BCUT2D eigenvalue weighted by Gasteiger charge is 2.41. The molecular weight excluding hydrogens is 450 g/mol. The number of anilines is 3. The normalized spacial score (nSPS) is 20.7. The summed E-state index contributed by atoms with van der Waals surface area (Å²) in [5.74, 6) is 1.61. The average Bonchev–Trinajstić information content (AvgIpc) is 3.36. The molecule has 3 aliphatic rings. The van der Waals surface area contributed by atoms with Gasteiger partial charge in [-0.3, -0.25) is 9.69 Å². The summed E-state index contributed by atoms with van der Waals surface area (Å²) in [7, 11) is 0. The number of aromatic nitrogens is 2. The molecular formula is C22H24F2N6O4. The zero-order valence-corrected chi connectivity index (χ0v) is 18.4. The van der Waals surface area contributed by atoms with Crippen LogP contribution in [0, 0.1) is 0 Å². The third-order valence-corrected chi connectivity index (χ3v) is 6.33. The Hall–Kier alpha value is -3.63. The van der Waals surface area contributed by atoms with Crippen molar-refractivity contribution in [3.63, 3.8) is 0 Å². The van der Waals surface area contributed by atoms with Crippen LogP contribution < -0.4 is 20.9 Å². The summed E-state index contributed by atoms with van der Waals surface area (Å²) in [5.41, 5.74) is 7.77. The number of nitrogens with zero attached hydrogens (tertiary/aromatic N) is 4. The number of alkyl halides is 2. The summed E-state index contributed by atoms with van der Waals surface area (Å²) in [5, 5.41) is 3.10. The Kier molecular flexibility index (Phi) is 5.62. The van der Waals surface area contributed by atoms with E-state index in [4.69, 9.17) is 15.2 Å². The number of imidazole rings is 1. The Morgan fingerprint density at radius 3 is 2.74 bits per heavy atom. The predicted octanol–water partition coefficient (Wildman–Crippen LogP) is 1.20. The largest absolute Gasteiger partial charge is 0.468 e. The Bertz CT molecular complexity index is 1160. The van der Waals surface area contributed by atoms with E-state index >= 15 is 0 Å². The van der Waals surface area contributed by atoms with Crippen LogP contribution in [0.2, 0.25) is 0 Å². The quantitative estimate of drug-likeness (QED) is 0.601. The fourth-order valence-electron chi connectivity index (χ4n) is 4.39. The molecule has 34 heavy (non-hydrogen) atoms. The Balaban J connectivity index is 1.57. The fourth-order valence-corrected chi connectivity index (χ4v) is 4.39. The highest BCUT2D eigenvalue weighted by molar-refractivity contribution is 5.85. The van der Waals surface area contributed by atoms with Crippen molar-refractivity contribution in [3.05, 3.63) is 30.3 Å². The van der Waals surface area contributed by atoms with Crippen LogP contribution in [0.4, 0.5) is 26.0 Å². The zero-order chi connectivity index (χ0) is 24.0. The number of ether oxygens (including phenoxy) is 2. The molecule has 1 amide bonds. The van der Waals surface area contributed by atoms with Crippen LogP contribution in [-0.4, -0.2) is 72.3 Å². The van der Waals surface area contributed by atoms with E-state index in [9.17, 15) is 18.4 Å². The first-order valence-electron chi connectivity index (χ1n) is 10.9. The minimum absolute atomic E-state index is 0.187. The zero-order valence-electron chi connectivity index (χ0n) is 18.4. The first kappa shape index (κ1) is 22.2. The number of hydrogen-bond acceptors (Lipinski definition) is 8. The van der Waals surface area contributed by atoms with Crippen molar-refractivity contribution in [3.8, 4) is 11.4 Å². The second-order valence-electron chi connectivity index (χ2n) is 8.49. The number of rotatable bonds is 6. The van der Waals surface area contributed by atoms with E-state index in [1.54, 1.807) is 19.1 Å². The topological polar surface area (TPSA) is 115 Å². The molecule has 4 heterocycles. The van der Waals surface area contributed by atoms with Gasteiger partial charge in [0.25, 0.3) is 12.3 Å². The third-order valence-electron chi connectivity index (χ3n) is 6.33. The number of primary amides is 1. The molecule has 2 aromatic rings. The van der Waals surface area contributed by atoms with Gasteiger partial charge >= 0.3 is 0 Å². The van der Waals surface area contributed by atoms with Gasteiger partial charge in [0.2, 0.25) is 5.91 Å². The number of fused-ring (bicyclic) bond motifs is 3. The molecule has 10 nitrogen and oxygen atoms in total. The van der Waals surface area contributed by atoms with Crippen molar-refractivity contribution in [1.29, 1.82) is 0 Å². The van der Waals surface area contributed by atoms with E-state index in [-0.39, 0.29) is 24.3 Å². The molecule has 0 unspecified atom stereocenters. The lowest BCUT2D eigenvalue weighted by atomic mass is 10.1. The summed E-state index contributed by atoms with van der Waals surface area (Å²) >= 11 is 0. The lowest BCUT2D eigenvalue weighted by molar-refractivity contribution is -0.118. The number of nitrogens with two attached hydrogens (primary N) is 1. The van der Waals surface area contributed by atoms with Crippen LogP contribution in [0.5, 0.6) is 0 Å². The van der Waals surface area contributed by atoms with Crippen LogP contribution in [0.25, 0.3) is 11.4 Å². The molecule has 2 saturated heterocycles. The second-order valence-corrected chi connectivity index (χ2v) is 8.49. The molecule has 0 aliphatic carbocycles. The van der Waals surface area contributed by atoms with Crippen molar-refractivity contribution >= 4 is 29.0 Å². The third kappa shape index (κ3) is 3.74. The molecule has 5 rings (SSSR count). The lowest BCUT2D eigenvalue weighted by Crippen LogP contribution is -2.50. The van der Waals surface area contributed by atoms with Gasteiger partial charge in [0.15, 0.2) is 11.8 Å². The molecule has 0 spiro atoms. The van der Waals surface area contributed by atoms with Crippen molar-refractivity contribution in [2.45, 2.75) is 38.0 Å². The summed E-state index contributed by atoms with van der Waals surface area (Å²) in [4.78, 5) is 30.8. The van der Waals surface area contributed by atoms with Crippen molar-refractivity contribution < 1.29 is 27.8 Å². The van der Waals surface area contributed by atoms with Gasteiger partial charge in [0, 0.05) is 30.5 Å². The number of carbonyl (C=O) groups excluding carboxylic acids is 2. The van der Waals surface area contributed by atoms with Crippen LogP contribution in [-0.2, 0) is 25.6 Å². The summed E-state index contributed by atoms with van der Waals surface area (Å²) < 4.78 is 39.6. The van der Waals surface area contributed by atoms with Crippen LogP contribution in [0.3, 0.4) is 0 Å². The molecule has 180 valence electrons. The van der Waals surface area contributed by atoms with Gasteiger partial charge in [-0.25, -0.2) is 18.6 Å². The summed E-state index contributed by atoms with van der Waals surface area (Å²) in [6.45, 7) is 3.73. The smallest absolute Gasteiger partial charge is 0.284 e. The molecule has 2 atom stereocenters. The van der Waals surface area contributed by atoms with Gasteiger partial charge in [0.05, 0.1) is 24.9 Å². The van der Waals surface area contributed by atoms with Crippen molar-refractivity contribution in [2.24, 2.45) is 5.73 Å². The molecule has 1 aromatic carbocycles. The molecule has 3 N–H and O–H groups in total. The fraction of sp³-hybridized carbons (Fsp3) is 0.455. The molecule has 1 aromatic heterocycles. The van der Waals surface area contributed by atoms with Gasteiger partial charge in [-0.15, -0.1) is 0 Å². The summed E-state index contributed by atoms with van der Waals surface area (Å²) in [6.07, 6.45) is -1.07. The minimum atomic E-state index is -2.73. The maximum Gasteiger partial charge on any atom is 0.284 e. The molecule has 0 saturated carbocycles. The molecule has 0 bridgehead atoms. The number of carbonyl (C=O) groups is 1. The van der Waals surface area contributed by atoms with Crippen LogP contribution in [0.15, 0.2) is 30.3 Å². The average molecular weight is 474 g/mol. The van der Waals surface area contributed by atoms with Crippen LogP contribution in [0.1, 0.15) is 6.92 Å². The van der Waals surface area contributed by atoms with E-state index in [1.165, 1.54) is 0 Å². The number of benzene rings is 1. The molecule has 12 heteroatoms. The maximum absolute atomic E-state index is 13.6.